The molecule has 0 aromatic heterocycles. The Morgan fingerprint density at radius 3 is 1.30 bits per heavy atom. The van der Waals surface area contributed by atoms with Crippen molar-refractivity contribution >= 4 is 17.9 Å². The molecule has 2 aliphatic heterocycles. The van der Waals surface area contributed by atoms with Gasteiger partial charge in [0.25, 0.3) is 0 Å². The lowest BCUT2D eigenvalue weighted by Crippen LogP contribution is -2.53. The Balaban J connectivity index is 0.000000237. The standard InChI is InChI=1S/C25H26F3N3O3.C20H18F3N3O/c1-25(2,3)34-24(33)30-22(23(32)31-14-19(28)12-20(31)13-29)21(15-4-8-17(26)9-5-15)16-6-10-18(27)11-7-16;21-14-5-1-12(2-6-14)18(13-3-7-15(22)8-4-13)19(25)20(27)26-11-16(23)9-17(26)10-24/h4-11,19-22H,12,14H2,1-3H3,(H,30,33);1-8,16-19H,9,11,25H2/t19?,20?,22-;16?,17?,19-/m00/s1. The topological polar surface area (TPSA) is 153 Å². The zero-order valence-electron chi connectivity index (χ0n) is 33.5. The van der Waals surface area contributed by atoms with Crippen molar-refractivity contribution in [3.05, 3.63) is 143 Å². The van der Waals surface area contributed by atoms with Crippen molar-refractivity contribution in [3.63, 3.8) is 0 Å². The number of hydrogen-bond acceptors (Lipinski definition) is 7. The van der Waals surface area contributed by atoms with Gasteiger partial charge in [-0.1, -0.05) is 48.5 Å². The number of nitrogens with one attached hydrogen (secondary N) is 1. The Morgan fingerprint density at radius 2 is 0.967 bits per heavy atom. The highest BCUT2D eigenvalue weighted by molar-refractivity contribution is 5.88. The molecule has 4 aromatic rings. The van der Waals surface area contributed by atoms with Gasteiger partial charge in [-0.2, -0.15) is 10.5 Å². The molecule has 2 heterocycles. The molecule has 320 valence electrons. The van der Waals surface area contributed by atoms with Gasteiger partial charge in [0.1, 0.15) is 59.3 Å². The monoisotopic (exact) mass is 846 g/mol. The molecular formula is C45H44F6N6O4. The van der Waals surface area contributed by atoms with Crippen LogP contribution in [0.2, 0.25) is 0 Å². The van der Waals surface area contributed by atoms with Crippen LogP contribution in [0.15, 0.2) is 97.1 Å². The molecule has 2 aliphatic rings. The SMILES string of the molecule is CC(C)(C)OC(=O)N[C@H](C(=O)N1CC(F)CC1C#N)C(c1ccc(F)cc1)c1ccc(F)cc1.N#CC1CC(F)CN1C(=O)[C@@H](N)C(c1ccc(F)cc1)c1ccc(F)cc1. The fourth-order valence-electron chi connectivity index (χ4n) is 7.40. The summed E-state index contributed by atoms with van der Waals surface area (Å²) in [6.07, 6.45) is -3.75. The van der Waals surface area contributed by atoms with Gasteiger partial charge in [0, 0.05) is 24.7 Å². The molecule has 0 bridgehead atoms. The van der Waals surface area contributed by atoms with Crippen LogP contribution >= 0.6 is 0 Å². The molecule has 61 heavy (non-hydrogen) atoms. The van der Waals surface area contributed by atoms with Crippen molar-refractivity contribution in [2.24, 2.45) is 5.73 Å². The van der Waals surface area contributed by atoms with Crippen molar-refractivity contribution in [1.29, 1.82) is 10.5 Å². The Hall–Kier alpha value is -6.39. The second-order valence-electron chi connectivity index (χ2n) is 15.7. The number of ether oxygens (including phenoxy) is 1. The summed E-state index contributed by atoms with van der Waals surface area (Å²) in [5.41, 5.74) is 7.39. The van der Waals surface area contributed by atoms with Gasteiger partial charge in [-0.25, -0.2) is 31.1 Å². The summed E-state index contributed by atoms with van der Waals surface area (Å²) in [6.45, 7) is 4.47. The number of carbonyl (C=O) groups is 3. The summed E-state index contributed by atoms with van der Waals surface area (Å²) < 4.78 is 87.1. The van der Waals surface area contributed by atoms with Gasteiger partial charge >= 0.3 is 6.09 Å². The van der Waals surface area contributed by atoms with Gasteiger partial charge < -0.3 is 25.6 Å². The number of amides is 3. The number of carbonyl (C=O) groups excluding carboxylic acids is 3. The van der Waals surface area contributed by atoms with E-state index in [0.29, 0.717) is 22.3 Å². The van der Waals surface area contributed by atoms with Gasteiger partial charge in [0.05, 0.1) is 31.3 Å². The minimum atomic E-state index is -1.38. The molecule has 0 aliphatic carbocycles. The van der Waals surface area contributed by atoms with Crippen LogP contribution in [0.4, 0.5) is 31.1 Å². The number of nitrogens with zero attached hydrogens (tertiary/aromatic N) is 4. The van der Waals surface area contributed by atoms with E-state index in [1.54, 1.807) is 20.8 Å². The van der Waals surface area contributed by atoms with Gasteiger partial charge in [-0.05, 0) is 91.6 Å². The predicted molar refractivity (Wildman–Crippen MR) is 212 cm³/mol. The van der Waals surface area contributed by atoms with E-state index in [-0.39, 0.29) is 25.9 Å². The van der Waals surface area contributed by atoms with Crippen LogP contribution in [-0.4, -0.2) is 82.9 Å². The molecule has 2 fully saturated rings. The van der Waals surface area contributed by atoms with Crippen molar-refractivity contribution < 1.29 is 45.5 Å². The first-order valence-corrected chi connectivity index (χ1v) is 19.3. The Labute approximate surface area is 349 Å². The summed E-state index contributed by atoms with van der Waals surface area (Å²) in [6, 6.07) is 21.1. The van der Waals surface area contributed by atoms with E-state index >= 15 is 0 Å². The molecular weight excluding hydrogens is 803 g/mol. The highest BCUT2D eigenvalue weighted by atomic mass is 19.1. The van der Waals surface area contributed by atoms with E-state index < -0.39 is 95.1 Å². The summed E-state index contributed by atoms with van der Waals surface area (Å²) in [4.78, 5) is 41.5. The summed E-state index contributed by atoms with van der Waals surface area (Å²) in [5.74, 6) is -4.77. The molecule has 6 atom stereocenters. The number of alkyl halides is 2. The highest BCUT2D eigenvalue weighted by Crippen LogP contribution is 2.33. The molecule has 4 unspecified atom stereocenters. The van der Waals surface area contributed by atoms with E-state index in [2.05, 4.69) is 5.32 Å². The minimum Gasteiger partial charge on any atom is -0.444 e. The van der Waals surface area contributed by atoms with E-state index in [0.717, 1.165) is 9.80 Å². The van der Waals surface area contributed by atoms with Gasteiger partial charge in [0.15, 0.2) is 0 Å². The molecule has 3 amide bonds. The number of halogens is 6. The van der Waals surface area contributed by atoms with Crippen LogP contribution in [0.5, 0.6) is 0 Å². The van der Waals surface area contributed by atoms with Crippen molar-refractivity contribution in [2.75, 3.05) is 13.1 Å². The first-order chi connectivity index (χ1) is 28.9. The minimum absolute atomic E-state index is 0.0489. The zero-order valence-corrected chi connectivity index (χ0v) is 33.5. The molecule has 0 saturated carbocycles. The Morgan fingerprint density at radius 1 is 0.639 bits per heavy atom. The number of nitrogens with two attached hydrogens (primary N) is 1. The number of nitriles is 2. The van der Waals surface area contributed by atoms with Gasteiger partial charge in [-0.3, -0.25) is 9.59 Å². The fourth-order valence-corrected chi connectivity index (χ4v) is 7.40. The maximum atomic E-state index is 14.1. The number of alkyl carbamates (subject to hydrolysis) is 1. The third kappa shape index (κ3) is 11.7. The van der Waals surface area contributed by atoms with E-state index in [1.165, 1.54) is 97.1 Å². The second-order valence-corrected chi connectivity index (χ2v) is 15.7. The molecule has 6 rings (SSSR count). The second kappa shape index (κ2) is 19.8. The number of hydrogen-bond donors (Lipinski definition) is 2. The largest absolute Gasteiger partial charge is 0.444 e. The normalized spacial score (nSPS) is 19.6. The van der Waals surface area contributed by atoms with Crippen LogP contribution < -0.4 is 11.1 Å². The van der Waals surface area contributed by atoms with Crippen LogP contribution in [0.3, 0.4) is 0 Å². The predicted octanol–water partition coefficient (Wildman–Crippen LogP) is 7.34. The van der Waals surface area contributed by atoms with E-state index in [9.17, 15) is 51.2 Å². The van der Waals surface area contributed by atoms with Crippen LogP contribution in [0.25, 0.3) is 0 Å². The van der Waals surface area contributed by atoms with Crippen LogP contribution in [0, 0.1) is 45.9 Å². The van der Waals surface area contributed by atoms with E-state index in [1.807, 2.05) is 12.1 Å². The molecule has 16 heteroatoms. The zero-order chi connectivity index (χ0) is 44.6. The highest BCUT2D eigenvalue weighted by Gasteiger charge is 2.43. The average Bonchev–Trinajstić information content (AvgIpc) is 3.80. The van der Waals surface area contributed by atoms with Gasteiger partial charge in [-0.15, -0.1) is 0 Å². The first-order valence-electron chi connectivity index (χ1n) is 19.3. The lowest BCUT2D eigenvalue weighted by atomic mass is 9.84. The lowest BCUT2D eigenvalue weighted by Gasteiger charge is -2.33. The van der Waals surface area contributed by atoms with Crippen LogP contribution in [-0.2, 0) is 14.3 Å². The first kappa shape index (κ1) is 45.7. The molecule has 2 saturated heterocycles. The lowest BCUT2D eigenvalue weighted by molar-refractivity contribution is -0.134. The van der Waals surface area contributed by atoms with Crippen LogP contribution in [0.1, 0.15) is 67.7 Å². The fraction of sp³-hybridized carbons (Fsp3) is 0.356. The number of rotatable bonds is 9. The summed E-state index contributed by atoms with van der Waals surface area (Å²) in [5, 5.41) is 21.2. The number of benzene rings is 4. The van der Waals surface area contributed by atoms with Crippen molar-refractivity contribution in [1.82, 2.24) is 15.1 Å². The molecule has 0 spiro atoms. The van der Waals surface area contributed by atoms with Gasteiger partial charge in [0.2, 0.25) is 11.8 Å². The average molecular weight is 847 g/mol. The third-order valence-electron chi connectivity index (χ3n) is 10.2. The molecule has 3 N–H and O–H groups in total. The molecule has 10 nitrogen and oxygen atoms in total. The maximum Gasteiger partial charge on any atom is 0.408 e. The van der Waals surface area contributed by atoms with Crippen molar-refractivity contribution in [2.45, 2.75) is 87.6 Å². The quantitative estimate of drug-likeness (QED) is 0.167. The Bertz CT molecular complexity index is 2140. The van der Waals surface area contributed by atoms with Crippen molar-refractivity contribution in [3.8, 4) is 12.1 Å². The van der Waals surface area contributed by atoms with E-state index in [4.69, 9.17) is 10.5 Å². The smallest absolute Gasteiger partial charge is 0.408 e. The summed E-state index contributed by atoms with van der Waals surface area (Å²) in [7, 11) is 0. The Kier molecular flexibility index (Phi) is 14.8. The maximum absolute atomic E-state index is 14.1. The third-order valence-corrected chi connectivity index (χ3v) is 10.2. The number of likely N-dealkylation sites (tertiary alicyclic amines) is 2. The summed E-state index contributed by atoms with van der Waals surface area (Å²) >= 11 is 0. The molecule has 0 radical (unpaired) electrons. The molecule has 4 aromatic carbocycles.